The Kier molecular flexibility index (Phi) is 4.47. The Hall–Kier alpha value is -1.23. The van der Waals surface area contributed by atoms with E-state index >= 15 is 0 Å². The van der Waals surface area contributed by atoms with Gasteiger partial charge in [0.2, 0.25) is 5.91 Å². The lowest BCUT2D eigenvalue weighted by molar-refractivity contribution is -0.120. The summed E-state index contributed by atoms with van der Waals surface area (Å²) in [7, 11) is 1.63. The lowest BCUT2D eigenvalue weighted by Crippen LogP contribution is -2.27. The van der Waals surface area contributed by atoms with Crippen LogP contribution >= 0.6 is 15.9 Å². The number of nitrogens with one attached hydrogen (secondary N) is 2. The fourth-order valence-corrected chi connectivity index (χ4v) is 2.02. The third kappa shape index (κ3) is 3.91. The fraction of sp³-hybridized carbons (Fsp3) is 0.462. The Morgan fingerprint density at radius 1 is 1.50 bits per heavy atom. The van der Waals surface area contributed by atoms with E-state index in [1.54, 1.807) is 7.11 Å². The first-order valence-corrected chi connectivity index (χ1v) is 6.85. The molecule has 0 radical (unpaired) electrons. The number of methoxy groups -OCH3 is 1. The predicted molar refractivity (Wildman–Crippen MR) is 75.0 cm³/mol. The van der Waals surface area contributed by atoms with E-state index in [9.17, 15) is 4.79 Å². The Balaban J connectivity index is 1.81. The molecule has 1 fully saturated rings. The maximum Gasteiger partial charge on any atom is 0.221 e. The highest BCUT2D eigenvalue weighted by atomic mass is 79.9. The van der Waals surface area contributed by atoms with Gasteiger partial charge >= 0.3 is 0 Å². The summed E-state index contributed by atoms with van der Waals surface area (Å²) < 4.78 is 6.23. The summed E-state index contributed by atoms with van der Waals surface area (Å²) in [5.41, 5.74) is 0.895. The summed E-state index contributed by atoms with van der Waals surface area (Å²) in [5, 5.41) is 6.17. The van der Waals surface area contributed by atoms with E-state index in [0.29, 0.717) is 19.0 Å². The fourth-order valence-electron chi connectivity index (χ4n) is 1.66. The molecule has 0 heterocycles. The second-order valence-electron chi connectivity index (χ2n) is 4.36. The number of halogens is 1. The van der Waals surface area contributed by atoms with E-state index < -0.39 is 0 Å². The van der Waals surface area contributed by atoms with Gasteiger partial charge in [0.05, 0.1) is 12.8 Å². The van der Waals surface area contributed by atoms with Gasteiger partial charge in [-0.15, -0.1) is 0 Å². The van der Waals surface area contributed by atoms with Crippen molar-refractivity contribution >= 4 is 27.5 Å². The summed E-state index contributed by atoms with van der Waals surface area (Å²) in [5.74, 6) is 0.889. The number of amides is 1. The van der Waals surface area contributed by atoms with Crippen LogP contribution in [0.15, 0.2) is 22.7 Å². The van der Waals surface area contributed by atoms with Crippen molar-refractivity contribution in [1.82, 2.24) is 5.32 Å². The molecule has 1 amide bonds. The predicted octanol–water partition coefficient (Wildman–Crippen LogP) is 2.54. The van der Waals surface area contributed by atoms with Crippen molar-refractivity contribution in [3.05, 3.63) is 22.7 Å². The molecule has 0 saturated heterocycles. The Morgan fingerprint density at radius 3 is 2.94 bits per heavy atom. The van der Waals surface area contributed by atoms with Crippen LogP contribution in [0, 0.1) is 0 Å². The first kappa shape index (κ1) is 13.2. The van der Waals surface area contributed by atoms with E-state index in [4.69, 9.17) is 4.74 Å². The lowest BCUT2D eigenvalue weighted by Gasteiger charge is -2.11. The summed E-state index contributed by atoms with van der Waals surface area (Å²) in [6.07, 6.45) is 2.73. The molecule has 1 saturated carbocycles. The first-order valence-electron chi connectivity index (χ1n) is 6.06. The van der Waals surface area contributed by atoms with Gasteiger partial charge in [-0.3, -0.25) is 4.79 Å². The van der Waals surface area contributed by atoms with Crippen LogP contribution in [0.1, 0.15) is 19.3 Å². The quantitative estimate of drug-likeness (QED) is 0.848. The van der Waals surface area contributed by atoms with Crippen LogP contribution in [0.5, 0.6) is 5.75 Å². The molecule has 98 valence electrons. The third-order valence-electron chi connectivity index (χ3n) is 2.77. The molecule has 0 atom stereocenters. The van der Waals surface area contributed by atoms with E-state index in [-0.39, 0.29) is 5.91 Å². The number of anilines is 1. The van der Waals surface area contributed by atoms with E-state index in [0.717, 1.165) is 28.8 Å². The molecule has 0 aliphatic heterocycles. The Morgan fingerprint density at radius 2 is 2.28 bits per heavy atom. The number of hydrogen-bond acceptors (Lipinski definition) is 3. The average molecular weight is 313 g/mol. The largest absolute Gasteiger partial charge is 0.495 e. The van der Waals surface area contributed by atoms with Crippen molar-refractivity contribution in [2.75, 3.05) is 19.0 Å². The lowest BCUT2D eigenvalue weighted by atomic mass is 10.3. The third-order valence-corrected chi connectivity index (χ3v) is 3.26. The number of hydrogen-bond donors (Lipinski definition) is 2. The van der Waals surface area contributed by atoms with Crippen LogP contribution < -0.4 is 15.4 Å². The molecule has 1 aromatic rings. The molecule has 4 nitrogen and oxygen atoms in total. The zero-order chi connectivity index (χ0) is 13.0. The molecule has 2 N–H and O–H groups in total. The zero-order valence-electron chi connectivity index (χ0n) is 10.3. The van der Waals surface area contributed by atoms with E-state index in [2.05, 4.69) is 26.6 Å². The molecule has 1 aliphatic rings. The van der Waals surface area contributed by atoms with Crippen molar-refractivity contribution in [2.45, 2.75) is 25.3 Å². The molecule has 2 rings (SSSR count). The minimum Gasteiger partial charge on any atom is -0.495 e. The molecular formula is C13H17BrN2O2. The minimum absolute atomic E-state index is 0.110. The average Bonchev–Trinajstić information content (AvgIpc) is 3.13. The van der Waals surface area contributed by atoms with Crippen molar-refractivity contribution in [2.24, 2.45) is 0 Å². The number of carbonyl (C=O) groups excluding carboxylic acids is 1. The highest BCUT2D eigenvalue weighted by Crippen LogP contribution is 2.27. The zero-order valence-corrected chi connectivity index (χ0v) is 11.9. The Bertz CT molecular complexity index is 433. The Labute approximate surface area is 115 Å². The highest BCUT2D eigenvalue weighted by molar-refractivity contribution is 9.10. The molecular weight excluding hydrogens is 296 g/mol. The van der Waals surface area contributed by atoms with Crippen molar-refractivity contribution in [3.8, 4) is 5.75 Å². The SMILES string of the molecule is COc1ccc(Br)cc1NCCC(=O)NC1CC1. The van der Waals surface area contributed by atoms with Gasteiger partial charge in [0, 0.05) is 23.5 Å². The van der Waals surface area contributed by atoms with Gasteiger partial charge in [-0.25, -0.2) is 0 Å². The van der Waals surface area contributed by atoms with Crippen molar-refractivity contribution in [1.29, 1.82) is 0 Å². The topological polar surface area (TPSA) is 50.4 Å². The van der Waals surface area contributed by atoms with Gasteiger partial charge in [-0.2, -0.15) is 0 Å². The number of rotatable bonds is 6. The van der Waals surface area contributed by atoms with Crippen LogP contribution in [-0.4, -0.2) is 25.6 Å². The molecule has 0 aromatic heterocycles. The summed E-state index contributed by atoms with van der Waals surface area (Å²) in [4.78, 5) is 11.5. The normalized spacial score (nSPS) is 14.1. The molecule has 1 aromatic carbocycles. The number of ether oxygens (including phenoxy) is 1. The van der Waals surface area contributed by atoms with Crippen LogP contribution in [-0.2, 0) is 4.79 Å². The van der Waals surface area contributed by atoms with Crippen LogP contribution in [0.25, 0.3) is 0 Å². The molecule has 18 heavy (non-hydrogen) atoms. The van der Waals surface area contributed by atoms with Gasteiger partial charge in [0.15, 0.2) is 0 Å². The van der Waals surface area contributed by atoms with Crippen molar-refractivity contribution in [3.63, 3.8) is 0 Å². The van der Waals surface area contributed by atoms with Crippen LogP contribution in [0.2, 0.25) is 0 Å². The maximum atomic E-state index is 11.5. The van der Waals surface area contributed by atoms with Crippen LogP contribution in [0.4, 0.5) is 5.69 Å². The standard InChI is InChI=1S/C13H17BrN2O2/c1-18-12-5-2-9(14)8-11(12)15-7-6-13(17)16-10-3-4-10/h2,5,8,10,15H,3-4,6-7H2,1H3,(H,16,17). The number of carbonyl (C=O) groups is 1. The summed E-state index contributed by atoms with van der Waals surface area (Å²) >= 11 is 3.41. The molecule has 0 unspecified atom stereocenters. The van der Waals surface area contributed by atoms with Gasteiger partial charge in [0.25, 0.3) is 0 Å². The monoisotopic (exact) mass is 312 g/mol. The second-order valence-corrected chi connectivity index (χ2v) is 5.28. The van der Waals surface area contributed by atoms with Crippen LogP contribution in [0.3, 0.4) is 0 Å². The van der Waals surface area contributed by atoms with Gasteiger partial charge in [-0.1, -0.05) is 15.9 Å². The number of benzene rings is 1. The summed E-state index contributed by atoms with van der Waals surface area (Å²) in [6, 6.07) is 6.18. The first-order chi connectivity index (χ1) is 8.69. The second kappa shape index (κ2) is 6.09. The molecule has 5 heteroatoms. The van der Waals surface area contributed by atoms with E-state index in [1.807, 2.05) is 18.2 Å². The minimum atomic E-state index is 0.110. The van der Waals surface area contributed by atoms with Gasteiger partial charge < -0.3 is 15.4 Å². The maximum absolute atomic E-state index is 11.5. The van der Waals surface area contributed by atoms with E-state index in [1.165, 1.54) is 0 Å². The van der Waals surface area contributed by atoms with Gasteiger partial charge in [0.1, 0.15) is 5.75 Å². The molecule has 1 aliphatic carbocycles. The molecule has 0 bridgehead atoms. The molecule has 0 spiro atoms. The van der Waals surface area contributed by atoms with Gasteiger partial charge in [-0.05, 0) is 31.0 Å². The summed E-state index contributed by atoms with van der Waals surface area (Å²) in [6.45, 7) is 0.603. The van der Waals surface area contributed by atoms with Crippen molar-refractivity contribution < 1.29 is 9.53 Å². The smallest absolute Gasteiger partial charge is 0.221 e. The highest BCUT2D eigenvalue weighted by Gasteiger charge is 2.22.